The first-order chi connectivity index (χ1) is 10.9. The van der Waals surface area contributed by atoms with Gasteiger partial charge >= 0.3 is 5.97 Å². The van der Waals surface area contributed by atoms with E-state index in [-0.39, 0.29) is 12.1 Å². The van der Waals surface area contributed by atoms with Crippen molar-refractivity contribution in [1.29, 1.82) is 0 Å². The number of esters is 1. The molecule has 2 saturated carbocycles. The fourth-order valence-corrected chi connectivity index (χ4v) is 5.19. The Hall–Kier alpha value is -1.09. The van der Waals surface area contributed by atoms with Crippen molar-refractivity contribution in [3.05, 3.63) is 23.3 Å². The molecule has 2 fully saturated rings. The van der Waals surface area contributed by atoms with Crippen LogP contribution >= 0.6 is 0 Å². The normalized spacial score (nSPS) is 39.9. The standard InChI is InChI=1S/C20H30O3/c1-12(2)15-10-13-7-8-17-14(16(13)11-18(15)21)6-5-9-20(17,3)19(22)23-4/h7-8,12,14-16,18,21H,5-6,9-11H2,1-4H3. The molecular weight excluding hydrogens is 288 g/mol. The van der Waals surface area contributed by atoms with Crippen LogP contribution in [0.25, 0.3) is 0 Å². The van der Waals surface area contributed by atoms with Gasteiger partial charge in [0, 0.05) is 0 Å². The Morgan fingerprint density at radius 3 is 2.74 bits per heavy atom. The fourth-order valence-electron chi connectivity index (χ4n) is 5.19. The first kappa shape index (κ1) is 16.8. The SMILES string of the molecule is COC(=O)C1(C)CCCC2C1=CC=C1CC(C(C)C)C(O)CC12. The van der Waals surface area contributed by atoms with Gasteiger partial charge < -0.3 is 9.84 Å². The highest BCUT2D eigenvalue weighted by Gasteiger charge is 2.49. The lowest BCUT2D eigenvalue weighted by Gasteiger charge is -2.48. The van der Waals surface area contributed by atoms with E-state index in [1.54, 1.807) is 0 Å². The molecular formula is C20H30O3. The molecule has 0 spiro atoms. The number of hydrogen-bond acceptors (Lipinski definition) is 3. The third kappa shape index (κ3) is 2.67. The summed E-state index contributed by atoms with van der Waals surface area (Å²) in [6.45, 7) is 6.44. The van der Waals surface area contributed by atoms with Crippen molar-refractivity contribution in [3.63, 3.8) is 0 Å². The summed E-state index contributed by atoms with van der Waals surface area (Å²) in [5.74, 6) is 1.56. The fraction of sp³-hybridized carbons (Fsp3) is 0.750. The molecule has 0 aromatic rings. The molecule has 0 aromatic heterocycles. The number of rotatable bonds is 2. The zero-order valence-electron chi connectivity index (χ0n) is 14.8. The Kier molecular flexibility index (Phi) is 4.43. The molecule has 3 nitrogen and oxygen atoms in total. The molecule has 3 aliphatic rings. The zero-order chi connectivity index (χ0) is 16.8. The van der Waals surface area contributed by atoms with E-state index in [9.17, 15) is 9.90 Å². The highest BCUT2D eigenvalue weighted by molar-refractivity contribution is 5.80. The molecule has 1 N–H and O–H groups in total. The molecule has 5 atom stereocenters. The molecule has 128 valence electrons. The number of carbonyl (C=O) groups is 1. The average Bonchev–Trinajstić information content (AvgIpc) is 2.53. The van der Waals surface area contributed by atoms with Crippen molar-refractivity contribution < 1.29 is 14.6 Å². The lowest BCUT2D eigenvalue weighted by atomic mass is 9.56. The average molecular weight is 318 g/mol. The molecule has 5 unspecified atom stereocenters. The Morgan fingerprint density at radius 1 is 1.35 bits per heavy atom. The number of carbonyl (C=O) groups excluding carboxylic acids is 1. The number of hydrogen-bond donors (Lipinski definition) is 1. The quantitative estimate of drug-likeness (QED) is 0.786. The first-order valence-electron chi connectivity index (χ1n) is 9.06. The van der Waals surface area contributed by atoms with Gasteiger partial charge in [0.15, 0.2) is 0 Å². The predicted octanol–water partition coefficient (Wildman–Crippen LogP) is 3.88. The summed E-state index contributed by atoms with van der Waals surface area (Å²) in [5.41, 5.74) is 2.23. The van der Waals surface area contributed by atoms with E-state index in [1.165, 1.54) is 18.3 Å². The first-order valence-corrected chi connectivity index (χ1v) is 9.06. The van der Waals surface area contributed by atoms with Crippen LogP contribution in [0.3, 0.4) is 0 Å². The lowest BCUT2D eigenvalue weighted by molar-refractivity contribution is -0.151. The van der Waals surface area contributed by atoms with Crippen LogP contribution in [0.15, 0.2) is 23.3 Å². The van der Waals surface area contributed by atoms with Gasteiger partial charge in [-0.15, -0.1) is 0 Å². The Morgan fingerprint density at radius 2 is 2.09 bits per heavy atom. The monoisotopic (exact) mass is 318 g/mol. The molecule has 0 aliphatic heterocycles. The number of aliphatic hydroxyl groups is 1. The minimum absolute atomic E-state index is 0.110. The number of allylic oxidation sites excluding steroid dienone is 3. The summed E-state index contributed by atoms with van der Waals surface area (Å²) in [4.78, 5) is 12.4. The largest absolute Gasteiger partial charge is 0.468 e. The summed E-state index contributed by atoms with van der Waals surface area (Å²) in [6.07, 6.45) is 9.11. The summed E-state index contributed by atoms with van der Waals surface area (Å²) >= 11 is 0. The van der Waals surface area contributed by atoms with Crippen LogP contribution in [0.4, 0.5) is 0 Å². The predicted molar refractivity (Wildman–Crippen MR) is 90.7 cm³/mol. The van der Waals surface area contributed by atoms with Crippen LogP contribution in [0.5, 0.6) is 0 Å². The van der Waals surface area contributed by atoms with Gasteiger partial charge in [-0.05, 0) is 61.9 Å². The van der Waals surface area contributed by atoms with Crippen molar-refractivity contribution in [2.75, 3.05) is 7.11 Å². The summed E-state index contributed by atoms with van der Waals surface area (Å²) < 4.78 is 5.10. The number of ether oxygens (including phenoxy) is 1. The molecule has 3 heteroatoms. The van der Waals surface area contributed by atoms with Crippen LogP contribution in [-0.4, -0.2) is 24.3 Å². The minimum Gasteiger partial charge on any atom is -0.468 e. The smallest absolute Gasteiger partial charge is 0.315 e. The lowest BCUT2D eigenvalue weighted by Crippen LogP contribution is -2.44. The van der Waals surface area contributed by atoms with Crippen molar-refractivity contribution in [3.8, 4) is 0 Å². The van der Waals surface area contributed by atoms with Gasteiger partial charge in [-0.3, -0.25) is 4.79 Å². The molecule has 3 rings (SSSR count). The Bertz CT molecular complexity index is 545. The summed E-state index contributed by atoms with van der Waals surface area (Å²) in [7, 11) is 1.49. The van der Waals surface area contributed by atoms with Crippen LogP contribution < -0.4 is 0 Å². The summed E-state index contributed by atoms with van der Waals surface area (Å²) in [6, 6.07) is 0. The molecule has 3 aliphatic carbocycles. The van der Waals surface area contributed by atoms with E-state index in [0.717, 1.165) is 32.1 Å². The van der Waals surface area contributed by atoms with Gasteiger partial charge in [-0.25, -0.2) is 0 Å². The van der Waals surface area contributed by atoms with E-state index < -0.39 is 5.41 Å². The molecule has 0 heterocycles. The second-order valence-electron chi connectivity index (χ2n) is 8.21. The third-order valence-electron chi connectivity index (χ3n) is 6.62. The topological polar surface area (TPSA) is 46.5 Å². The maximum absolute atomic E-state index is 12.4. The van der Waals surface area contributed by atoms with Crippen molar-refractivity contribution >= 4 is 5.97 Å². The van der Waals surface area contributed by atoms with Gasteiger partial charge in [-0.2, -0.15) is 0 Å². The minimum atomic E-state index is -0.487. The van der Waals surface area contributed by atoms with Crippen LogP contribution in [0, 0.1) is 29.1 Å². The van der Waals surface area contributed by atoms with Crippen LogP contribution in [0.2, 0.25) is 0 Å². The molecule has 0 aromatic carbocycles. The highest BCUT2D eigenvalue weighted by Crippen LogP contribution is 2.54. The molecule has 0 radical (unpaired) electrons. The molecule has 0 bridgehead atoms. The van der Waals surface area contributed by atoms with Crippen molar-refractivity contribution in [1.82, 2.24) is 0 Å². The number of fused-ring (bicyclic) bond motifs is 3. The van der Waals surface area contributed by atoms with E-state index in [0.29, 0.717) is 23.7 Å². The van der Waals surface area contributed by atoms with Gasteiger partial charge in [0.05, 0.1) is 18.6 Å². The van der Waals surface area contributed by atoms with Gasteiger partial charge in [-0.1, -0.05) is 38.0 Å². The maximum atomic E-state index is 12.4. The van der Waals surface area contributed by atoms with E-state index in [1.807, 2.05) is 6.92 Å². The number of methoxy groups -OCH3 is 1. The van der Waals surface area contributed by atoms with E-state index in [2.05, 4.69) is 26.0 Å². The zero-order valence-corrected chi connectivity index (χ0v) is 14.8. The third-order valence-corrected chi connectivity index (χ3v) is 6.62. The molecule has 0 saturated heterocycles. The second kappa shape index (κ2) is 6.08. The van der Waals surface area contributed by atoms with Gasteiger partial charge in [0.25, 0.3) is 0 Å². The van der Waals surface area contributed by atoms with Gasteiger partial charge in [0.2, 0.25) is 0 Å². The second-order valence-corrected chi connectivity index (χ2v) is 8.21. The van der Waals surface area contributed by atoms with Crippen molar-refractivity contribution in [2.24, 2.45) is 29.1 Å². The van der Waals surface area contributed by atoms with E-state index in [4.69, 9.17) is 4.74 Å². The van der Waals surface area contributed by atoms with Gasteiger partial charge in [0.1, 0.15) is 0 Å². The van der Waals surface area contributed by atoms with Crippen LogP contribution in [-0.2, 0) is 9.53 Å². The number of aliphatic hydroxyl groups excluding tert-OH is 1. The Labute approximate surface area is 139 Å². The van der Waals surface area contributed by atoms with Crippen LogP contribution in [0.1, 0.15) is 52.9 Å². The Balaban J connectivity index is 1.94. The molecule has 0 amide bonds. The van der Waals surface area contributed by atoms with E-state index >= 15 is 0 Å². The maximum Gasteiger partial charge on any atom is 0.315 e. The molecule has 23 heavy (non-hydrogen) atoms. The van der Waals surface area contributed by atoms with Crippen molar-refractivity contribution in [2.45, 2.75) is 59.0 Å². The highest BCUT2D eigenvalue weighted by atomic mass is 16.5. The summed E-state index contributed by atoms with van der Waals surface area (Å²) in [5, 5.41) is 10.6.